The van der Waals surface area contributed by atoms with Crippen LogP contribution < -0.4 is 0 Å². The summed E-state index contributed by atoms with van der Waals surface area (Å²) in [7, 11) is 0. The highest BCUT2D eigenvalue weighted by molar-refractivity contribution is 6.30. The summed E-state index contributed by atoms with van der Waals surface area (Å²) in [6.07, 6.45) is 0. The van der Waals surface area contributed by atoms with Gasteiger partial charge in [-0.3, -0.25) is 0 Å². The van der Waals surface area contributed by atoms with Crippen molar-refractivity contribution in [2.24, 2.45) is 0 Å². The lowest BCUT2D eigenvalue weighted by atomic mass is 9.93. The minimum Gasteiger partial charge on any atom is -0.208 e. The third kappa shape index (κ3) is 17.4. The molecule has 4 aromatic heterocycles. The van der Waals surface area contributed by atoms with Gasteiger partial charge in [0.2, 0.25) is 21.1 Å². The van der Waals surface area contributed by atoms with Crippen molar-refractivity contribution in [3.8, 4) is 136 Å². The van der Waals surface area contributed by atoms with Crippen LogP contribution in [0.5, 0.6) is 0 Å². The van der Waals surface area contributed by atoms with Crippen molar-refractivity contribution in [1.29, 1.82) is 0 Å². The smallest absolute Gasteiger partial charge is 0.208 e. The number of hydrogen-bond donors (Lipinski definition) is 0. The first-order valence-electron chi connectivity index (χ1n) is 40.2. The Hall–Kier alpha value is -15.3. The predicted molar refractivity (Wildman–Crippen MR) is 510 cm³/mol. The minimum atomic E-state index is 0.175. The first kappa shape index (κ1) is 78.6. The van der Waals surface area contributed by atoms with Crippen molar-refractivity contribution in [1.82, 2.24) is 59.8 Å². The van der Waals surface area contributed by atoms with E-state index in [1.807, 2.05) is 176 Å². The molecule has 12 nitrogen and oxygen atoms in total. The molecule has 22 rings (SSSR count). The zero-order chi connectivity index (χ0) is 83.7. The van der Waals surface area contributed by atoms with Gasteiger partial charge in [-0.05, 0) is 192 Å². The normalized spacial score (nSPS) is 11.1. The van der Waals surface area contributed by atoms with Gasteiger partial charge in [-0.2, -0.15) is 39.9 Å². The fourth-order valence-corrected chi connectivity index (χ4v) is 16.1. The van der Waals surface area contributed by atoms with E-state index >= 15 is 0 Å². The lowest BCUT2D eigenvalue weighted by Crippen LogP contribution is -1.97. The van der Waals surface area contributed by atoms with Crippen molar-refractivity contribution < 1.29 is 0 Å². The molecule has 0 spiro atoms. The van der Waals surface area contributed by atoms with E-state index in [0.717, 1.165) is 88.3 Å². The molecular weight excluding hydrogens is 1610 g/mol. The van der Waals surface area contributed by atoms with Crippen molar-refractivity contribution >= 4 is 111 Å². The SMILES string of the molecule is Clc1nc(-c2cccc(-c3ccccc3)c2)nc(-c2ccc3c4ccccc4c4ccccc4c3c2)n1.Clc1nc(-c2ccccc2)nc(-c2ccc(-c3cc(-c4ccccc4)cc(-c4ccccc4)c3)cc2)n1.Clc1nc(-c2ccccc2)nc(-c2ccc3c(ccc4ccccc43)c2)n1.Clc1nc(-c2ccccc2)nc(-c2cccc3ccccc23)n1. The first-order chi connectivity index (χ1) is 61.1. The topological polar surface area (TPSA) is 155 Å². The quantitative estimate of drug-likeness (QED) is 0.107. The summed E-state index contributed by atoms with van der Waals surface area (Å²) in [4.78, 5) is 53.6. The van der Waals surface area contributed by atoms with E-state index in [-0.39, 0.29) is 21.1 Å². The van der Waals surface area contributed by atoms with Crippen LogP contribution in [0.25, 0.3) is 200 Å². The van der Waals surface area contributed by atoms with E-state index in [9.17, 15) is 0 Å². The number of rotatable bonds is 12. The fourth-order valence-electron chi connectivity index (χ4n) is 15.5. The van der Waals surface area contributed by atoms with Crippen LogP contribution >= 0.6 is 46.4 Å². The van der Waals surface area contributed by atoms with E-state index < -0.39 is 0 Å². The van der Waals surface area contributed by atoms with Gasteiger partial charge in [-0.25, -0.2) is 19.9 Å². The molecule has 0 unspecified atom stereocenters. The largest absolute Gasteiger partial charge is 0.226 e. The lowest BCUT2D eigenvalue weighted by Gasteiger charge is -2.12. The second-order valence-corrected chi connectivity index (χ2v) is 30.6. The summed E-state index contributed by atoms with van der Waals surface area (Å²) in [5.41, 5.74) is 16.5. The number of nitrogens with zero attached hydrogens (tertiary/aromatic N) is 12. The number of fused-ring (bicyclic) bond motifs is 10. The molecule has 0 N–H and O–H groups in total. The van der Waals surface area contributed by atoms with Gasteiger partial charge in [0.1, 0.15) is 0 Å². The Balaban J connectivity index is 0.000000110. The summed E-state index contributed by atoms with van der Waals surface area (Å²) in [5, 5.41) is 15.1. The molecule has 0 atom stereocenters. The maximum Gasteiger partial charge on any atom is 0.226 e. The molecular formula is C108H68Cl4N12. The summed E-state index contributed by atoms with van der Waals surface area (Å²) < 4.78 is 0. The third-order valence-corrected chi connectivity index (χ3v) is 22.1. The molecule has 0 fully saturated rings. The number of aromatic nitrogens is 12. The highest BCUT2D eigenvalue weighted by atomic mass is 35.5. The lowest BCUT2D eigenvalue weighted by molar-refractivity contribution is 1.07. The standard InChI is InChI=1S/C33H20ClN3.C33H22ClN3.C23H14ClN3.C19H12ClN3/c34-33-36-31(23-12-8-11-22(19-23)21-9-2-1-3-10-21)35-32(37-33)24-17-18-29-27-15-5-4-13-25(27)26-14-6-7-16-28(26)30(29)20-24;34-33-36-31(26-14-8-3-9-15-26)35-32(37-33)27-18-16-25(17-19-27)30-21-28(23-10-4-1-5-11-23)20-29(22-30)24-12-6-2-7-13-24;24-23-26-21(16-7-2-1-3-8-16)25-22(27-23)18-12-13-20-17(14-18)11-10-15-6-4-5-9-19(15)20;20-19-22-17(14-8-2-1-3-9-14)21-18(23-19)16-12-6-10-13-7-4-5-11-15(13)16/h1-20H;1-22H;1-14H;1-12H. The van der Waals surface area contributed by atoms with Crippen LogP contribution in [0.4, 0.5) is 0 Å². The van der Waals surface area contributed by atoms with Crippen LogP contribution in [0.1, 0.15) is 0 Å². The average molecular weight is 1680 g/mol. The van der Waals surface area contributed by atoms with Crippen LogP contribution in [0.15, 0.2) is 413 Å². The van der Waals surface area contributed by atoms with E-state index in [1.165, 1.54) is 65.3 Å². The highest BCUT2D eigenvalue weighted by Crippen LogP contribution is 2.40. The van der Waals surface area contributed by atoms with Gasteiger partial charge in [0, 0.05) is 44.5 Å². The predicted octanol–water partition coefficient (Wildman–Crippen LogP) is 29.0. The molecule has 4 heterocycles. The summed E-state index contributed by atoms with van der Waals surface area (Å²) in [6, 6.07) is 140. The number of benzene rings is 18. The Labute approximate surface area is 734 Å². The Morgan fingerprint density at radius 1 is 0.121 bits per heavy atom. The van der Waals surface area contributed by atoms with Crippen molar-refractivity contribution in [3.63, 3.8) is 0 Å². The van der Waals surface area contributed by atoms with E-state index in [0.29, 0.717) is 46.6 Å². The maximum atomic E-state index is 6.44. The molecule has 0 saturated heterocycles. The van der Waals surface area contributed by atoms with Gasteiger partial charge >= 0.3 is 0 Å². The summed E-state index contributed by atoms with van der Waals surface area (Å²) >= 11 is 25.0. The molecule has 18 aromatic carbocycles. The van der Waals surface area contributed by atoms with Crippen LogP contribution in [-0.2, 0) is 0 Å². The van der Waals surface area contributed by atoms with Gasteiger partial charge < -0.3 is 0 Å². The van der Waals surface area contributed by atoms with Crippen LogP contribution in [-0.4, -0.2) is 59.8 Å². The Kier molecular flexibility index (Phi) is 22.8. The van der Waals surface area contributed by atoms with Crippen LogP contribution in [0.2, 0.25) is 21.1 Å². The minimum absolute atomic E-state index is 0.175. The van der Waals surface area contributed by atoms with E-state index in [2.05, 4.69) is 291 Å². The molecule has 0 aliphatic carbocycles. The van der Waals surface area contributed by atoms with Crippen molar-refractivity contribution in [2.75, 3.05) is 0 Å². The Bertz CT molecular complexity index is 7560. The molecule has 0 radical (unpaired) electrons. The Morgan fingerprint density at radius 3 is 0.815 bits per heavy atom. The first-order valence-corrected chi connectivity index (χ1v) is 41.7. The number of hydrogen-bond acceptors (Lipinski definition) is 12. The zero-order valence-electron chi connectivity index (χ0n) is 66.1. The van der Waals surface area contributed by atoms with Crippen molar-refractivity contribution in [2.45, 2.75) is 0 Å². The second kappa shape index (κ2) is 36.0. The van der Waals surface area contributed by atoms with Gasteiger partial charge in [0.15, 0.2) is 46.6 Å². The second-order valence-electron chi connectivity index (χ2n) is 29.3. The Morgan fingerprint density at radius 2 is 0.363 bits per heavy atom. The third-order valence-electron chi connectivity index (χ3n) is 21.4. The molecule has 124 heavy (non-hydrogen) atoms. The molecule has 0 saturated carbocycles. The molecule has 0 amide bonds. The number of halogens is 4. The van der Waals surface area contributed by atoms with Crippen molar-refractivity contribution in [3.05, 3.63) is 434 Å². The molecule has 0 aliphatic heterocycles. The summed E-state index contributed by atoms with van der Waals surface area (Å²) in [5.74, 6) is 4.52. The molecule has 588 valence electrons. The zero-order valence-corrected chi connectivity index (χ0v) is 69.2. The van der Waals surface area contributed by atoms with Gasteiger partial charge in [-0.1, -0.05) is 376 Å². The average Bonchev–Trinajstić information content (AvgIpc) is 0.734. The molecule has 0 bridgehead atoms. The monoisotopic (exact) mass is 1670 g/mol. The maximum absolute atomic E-state index is 6.44. The van der Waals surface area contributed by atoms with Gasteiger partial charge in [0.25, 0.3) is 0 Å². The van der Waals surface area contributed by atoms with Crippen LogP contribution in [0.3, 0.4) is 0 Å². The van der Waals surface area contributed by atoms with Gasteiger partial charge in [-0.15, -0.1) is 0 Å². The molecule has 22 aromatic rings. The van der Waals surface area contributed by atoms with E-state index in [4.69, 9.17) is 51.4 Å². The summed E-state index contributed by atoms with van der Waals surface area (Å²) in [6.45, 7) is 0. The van der Waals surface area contributed by atoms with Gasteiger partial charge in [0.05, 0.1) is 0 Å². The molecule has 0 aliphatic rings. The molecule has 16 heteroatoms. The van der Waals surface area contributed by atoms with Crippen LogP contribution in [0, 0.1) is 0 Å². The van der Waals surface area contributed by atoms with E-state index in [1.54, 1.807) is 0 Å². The highest BCUT2D eigenvalue weighted by Gasteiger charge is 2.19. The fraction of sp³-hybridized carbons (Fsp3) is 0.